The summed E-state index contributed by atoms with van der Waals surface area (Å²) < 4.78 is 0. The largest absolute Gasteiger partial charge is 0.331 e. The van der Waals surface area contributed by atoms with E-state index in [1.54, 1.807) is 0 Å². The third-order valence-corrected chi connectivity index (χ3v) is 4.52. The molecule has 1 aliphatic carbocycles. The maximum atomic E-state index is 11.4. The van der Waals surface area contributed by atoms with Crippen molar-refractivity contribution in [3.8, 4) is 0 Å². The van der Waals surface area contributed by atoms with Crippen LogP contribution in [0.15, 0.2) is 0 Å². The van der Waals surface area contributed by atoms with Crippen LogP contribution in [0.1, 0.15) is 51.4 Å². The summed E-state index contributed by atoms with van der Waals surface area (Å²) in [5.74, 6) is 6.92. The third kappa shape index (κ3) is 3.35. The Hall–Kier alpha value is -0.770. The van der Waals surface area contributed by atoms with Crippen LogP contribution in [0, 0.1) is 11.8 Å². The van der Waals surface area contributed by atoms with Crippen molar-refractivity contribution in [2.24, 2.45) is 17.7 Å². The Morgan fingerprint density at radius 3 is 2.00 bits per heavy atom. The van der Waals surface area contributed by atoms with Gasteiger partial charge in [0, 0.05) is 13.1 Å². The Morgan fingerprint density at radius 1 is 0.941 bits per heavy atom. The molecule has 2 amide bonds. The molecule has 1 saturated heterocycles. The summed E-state index contributed by atoms with van der Waals surface area (Å²) >= 11 is 0. The van der Waals surface area contributed by atoms with Crippen molar-refractivity contribution < 1.29 is 4.79 Å². The van der Waals surface area contributed by atoms with Gasteiger partial charge in [0.05, 0.1) is 0 Å². The molecule has 0 aromatic heterocycles. The number of rotatable bonds is 1. The number of carbonyl (C=O) groups is 1. The number of nitrogens with two attached hydrogens (primary N) is 1. The first-order valence-electron chi connectivity index (χ1n) is 7.07. The number of nitrogens with one attached hydrogen (secondary N) is 1. The fraction of sp³-hybridized carbons (Fsp3) is 0.923. The maximum absolute atomic E-state index is 11.4. The first-order chi connectivity index (χ1) is 8.31. The maximum Gasteiger partial charge on any atom is 0.331 e. The molecule has 2 rings (SSSR count). The normalized spacial score (nSPS) is 24.4. The summed E-state index contributed by atoms with van der Waals surface area (Å²) in [4.78, 5) is 13.2. The second-order valence-electron chi connectivity index (χ2n) is 5.53. The van der Waals surface area contributed by atoms with E-state index in [0.717, 1.165) is 37.8 Å². The lowest BCUT2D eigenvalue weighted by Gasteiger charge is -2.35. The Kier molecular flexibility index (Phi) is 4.66. The monoisotopic (exact) mass is 239 g/mol. The minimum Gasteiger partial charge on any atom is -0.324 e. The van der Waals surface area contributed by atoms with Gasteiger partial charge in [-0.2, -0.15) is 0 Å². The van der Waals surface area contributed by atoms with E-state index in [4.69, 9.17) is 5.84 Å². The molecule has 2 fully saturated rings. The van der Waals surface area contributed by atoms with Gasteiger partial charge < -0.3 is 4.90 Å². The molecular weight excluding hydrogens is 214 g/mol. The molecule has 0 bridgehead atoms. The molecule has 0 atom stereocenters. The topological polar surface area (TPSA) is 58.4 Å². The van der Waals surface area contributed by atoms with E-state index in [9.17, 15) is 4.79 Å². The van der Waals surface area contributed by atoms with Crippen LogP contribution in [-0.2, 0) is 0 Å². The van der Waals surface area contributed by atoms with Crippen LogP contribution in [0.2, 0.25) is 0 Å². The number of carbonyl (C=O) groups excluding carboxylic acids is 1. The summed E-state index contributed by atoms with van der Waals surface area (Å²) in [5, 5.41) is 0. The molecule has 0 unspecified atom stereocenters. The number of hydrazine groups is 1. The van der Waals surface area contributed by atoms with Gasteiger partial charge >= 0.3 is 6.03 Å². The van der Waals surface area contributed by atoms with Gasteiger partial charge in [-0.25, -0.2) is 10.6 Å². The highest BCUT2D eigenvalue weighted by molar-refractivity contribution is 5.73. The lowest BCUT2D eigenvalue weighted by Crippen LogP contribution is -2.47. The zero-order valence-corrected chi connectivity index (χ0v) is 10.7. The Morgan fingerprint density at radius 2 is 1.47 bits per heavy atom. The van der Waals surface area contributed by atoms with Crippen molar-refractivity contribution in [3.63, 3.8) is 0 Å². The number of hydrogen-bond donors (Lipinski definition) is 2. The highest BCUT2D eigenvalue weighted by Gasteiger charge is 2.28. The summed E-state index contributed by atoms with van der Waals surface area (Å²) in [5.41, 5.74) is 2.23. The molecule has 3 N–H and O–H groups in total. The van der Waals surface area contributed by atoms with Crippen molar-refractivity contribution in [2.45, 2.75) is 51.4 Å². The van der Waals surface area contributed by atoms with E-state index in [2.05, 4.69) is 5.43 Å². The molecule has 0 aromatic carbocycles. The van der Waals surface area contributed by atoms with E-state index in [1.807, 2.05) is 4.90 Å². The van der Waals surface area contributed by atoms with Crippen molar-refractivity contribution in [1.82, 2.24) is 10.3 Å². The molecular formula is C13H25N3O. The van der Waals surface area contributed by atoms with Gasteiger partial charge in [0.15, 0.2) is 0 Å². The quantitative estimate of drug-likeness (QED) is 0.319. The van der Waals surface area contributed by atoms with Gasteiger partial charge in [-0.1, -0.05) is 38.5 Å². The van der Waals surface area contributed by atoms with Crippen LogP contribution in [0.3, 0.4) is 0 Å². The lowest BCUT2D eigenvalue weighted by molar-refractivity contribution is 0.144. The van der Waals surface area contributed by atoms with Crippen LogP contribution in [0.25, 0.3) is 0 Å². The van der Waals surface area contributed by atoms with Crippen LogP contribution in [0.5, 0.6) is 0 Å². The van der Waals surface area contributed by atoms with E-state index >= 15 is 0 Å². The molecule has 98 valence electrons. The average molecular weight is 239 g/mol. The smallest absolute Gasteiger partial charge is 0.324 e. The predicted molar refractivity (Wildman–Crippen MR) is 68.2 cm³/mol. The van der Waals surface area contributed by atoms with Crippen LogP contribution in [-0.4, -0.2) is 24.0 Å². The zero-order valence-electron chi connectivity index (χ0n) is 10.7. The van der Waals surface area contributed by atoms with E-state index in [0.29, 0.717) is 0 Å². The molecule has 0 radical (unpaired) electrons. The minimum absolute atomic E-state index is 0.121. The zero-order chi connectivity index (χ0) is 12.1. The molecule has 4 heteroatoms. The predicted octanol–water partition coefficient (Wildman–Crippen LogP) is 2.25. The van der Waals surface area contributed by atoms with Crippen LogP contribution in [0.4, 0.5) is 4.79 Å². The van der Waals surface area contributed by atoms with Crippen LogP contribution < -0.4 is 11.3 Å². The fourth-order valence-electron chi connectivity index (χ4n) is 3.45. The second kappa shape index (κ2) is 6.24. The summed E-state index contributed by atoms with van der Waals surface area (Å²) in [7, 11) is 0. The van der Waals surface area contributed by atoms with Crippen molar-refractivity contribution in [3.05, 3.63) is 0 Å². The van der Waals surface area contributed by atoms with Crippen LogP contribution >= 0.6 is 0 Å². The SMILES string of the molecule is NNC(=O)N1CCC(C2CCCCCC2)CC1. The van der Waals surface area contributed by atoms with Gasteiger partial charge in [0.25, 0.3) is 0 Å². The first-order valence-corrected chi connectivity index (χ1v) is 7.07. The number of nitrogens with zero attached hydrogens (tertiary/aromatic N) is 1. The standard InChI is InChI=1S/C13H25N3O/c14-15-13(17)16-9-7-12(8-10-16)11-5-3-1-2-4-6-11/h11-12H,1-10,14H2,(H,15,17). The number of likely N-dealkylation sites (tertiary alicyclic amines) is 1. The van der Waals surface area contributed by atoms with Gasteiger partial charge in [-0.3, -0.25) is 5.43 Å². The molecule has 17 heavy (non-hydrogen) atoms. The van der Waals surface area contributed by atoms with E-state index in [-0.39, 0.29) is 6.03 Å². The summed E-state index contributed by atoms with van der Waals surface area (Å²) in [6.45, 7) is 1.76. The summed E-state index contributed by atoms with van der Waals surface area (Å²) in [6.07, 6.45) is 10.8. The van der Waals surface area contributed by atoms with E-state index < -0.39 is 0 Å². The highest BCUT2D eigenvalue weighted by atomic mass is 16.2. The molecule has 1 saturated carbocycles. The van der Waals surface area contributed by atoms with E-state index in [1.165, 1.54) is 38.5 Å². The average Bonchev–Trinajstić information content (AvgIpc) is 2.67. The third-order valence-electron chi connectivity index (χ3n) is 4.52. The van der Waals surface area contributed by atoms with Gasteiger partial charge in [-0.05, 0) is 24.7 Å². The van der Waals surface area contributed by atoms with Crippen molar-refractivity contribution >= 4 is 6.03 Å². The number of hydrogen-bond acceptors (Lipinski definition) is 2. The van der Waals surface area contributed by atoms with Crippen molar-refractivity contribution in [1.29, 1.82) is 0 Å². The van der Waals surface area contributed by atoms with Gasteiger partial charge in [-0.15, -0.1) is 0 Å². The Bertz CT molecular complexity index is 241. The Balaban J connectivity index is 1.79. The van der Waals surface area contributed by atoms with Crippen molar-refractivity contribution in [2.75, 3.05) is 13.1 Å². The molecule has 1 heterocycles. The number of urea groups is 1. The molecule has 0 spiro atoms. The molecule has 1 aliphatic heterocycles. The highest BCUT2D eigenvalue weighted by Crippen LogP contribution is 2.34. The number of amides is 2. The lowest BCUT2D eigenvalue weighted by atomic mass is 9.80. The fourth-order valence-corrected chi connectivity index (χ4v) is 3.45. The Labute approximate surface area is 104 Å². The second-order valence-corrected chi connectivity index (χ2v) is 5.53. The van der Waals surface area contributed by atoms with Gasteiger partial charge in [0.2, 0.25) is 0 Å². The number of piperidine rings is 1. The molecule has 4 nitrogen and oxygen atoms in total. The van der Waals surface area contributed by atoms with Gasteiger partial charge in [0.1, 0.15) is 0 Å². The first kappa shape index (κ1) is 12.7. The molecule has 2 aliphatic rings. The summed E-state index contributed by atoms with van der Waals surface area (Å²) in [6, 6.07) is -0.121. The molecule has 0 aromatic rings. The minimum atomic E-state index is -0.121.